The van der Waals surface area contributed by atoms with Gasteiger partial charge in [0.05, 0.1) is 11.4 Å². The fourth-order valence-electron chi connectivity index (χ4n) is 9.41. The summed E-state index contributed by atoms with van der Waals surface area (Å²) < 4.78 is 0. The summed E-state index contributed by atoms with van der Waals surface area (Å²) in [5.41, 5.74) is 16.8. The molecule has 0 radical (unpaired) electrons. The predicted octanol–water partition coefficient (Wildman–Crippen LogP) is 18.8. The normalized spacial score (nSPS) is 12.0. The van der Waals surface area contributed by atoms with Gasteiger partial charge in [-0.2, -0.15) is 0 Å². The molecule has 334 valence electrons. The molecule has 0 saturated carbocycles. The molecule has 0 spiro atoms. The van der Waals surface area contributed by atoms with E-state index in [1.165, 1.54) is 134 Å². The number of hydrogen-bond donors (Lipinski definition) is 1. The van der Waals surface area contributed by atoms with Gasteiger partial charge in [0, 0.05) is 38.6 Å². The number of unbranched alkanes of at least 4 members (excludes halogenated alkanes) is 6. The molecule has 2 heteroatoms. The van der Waals surface area contributed by atoms with Crippen LogP contribution in [0.25, 0.3) is 32.7 Å². The molecule has 2 nitrogen and oxygen atoms in total. The Morgan fingerprint density at radius 3 is 1.55 bits per heavy atom. The minimum Gasteiger partial charge on any atom is -0.354 e. The van der Waals surface area contributed by atoms with Gasteiger partial charge < -0.3 is 10.2 Å². The Morgan fingerprint density at radius 1 is 0.422 bits per heavy atom. The minimum absolute atomic E-state index is 0.0153. The second-order valence-electron chi connectivity index (χ2n) is 20.5. The average molecular weight is 849 g/mol. The lowest BCUT2D eigenvalue weighted by molar-refractivity contribution is 0.589. The summed E-state index contributed by atoms with van der Waals surface area (Å²) in [5.74, 6) is 0. The SMILES string of the molecule is CCCCCCc1cc(CCCCCC)cc(N(c2cc(CC)cc(C(C)(C)C)c2)c2c3ccccc3c(Nc3cc(CC)cc(C(C)(C)C)c3)c3cc(-c4ccccc4)ccc23)c1. The van der Waals surface area contributed by atoms with Crippen LogP contribution in [0.3, 0.4) is 0 Å². The van der Waals surface area contributed by atoms with Gasteiger partial charge in [-0.25, -0.2) is 0 Å². The van der Waals surface area contributed by atoms with E-state index in [4.69, 9.17) is 0 Å². The van der Waals surface area contributed by atoms with Crippen molar-refractivity contribution in [2.75, 3.05) is 10.2 Å². The Kier molecular flexibility index (Phi) is 15.1. The van der Waals surface area contributed by atoms with Gasteiger partial charge in [-0.05, 0) is 136 Å². The number of rotatable bonds is 18. The van der Waals surface area contributed by atoms with E-state index in [-0.39, 0.29) is 10.8 Å². The topological polar surface area (TPSA) is 15.3 Å². The molecule has 7 aromatic rings. The fourth-order valence-corrected chi connectivity index (χ4v) is 9.41. The van der Waals surface area contributed by atoms with Gasteiger partial charge in [-0.1, -0.05) is 193 Å². The van der Waals surface area contributed by atoms with E-state index in [2.05, 4.69) is 207 Å². The Hall–Kier alpha value is -5.34. The molecule has 0 atom stereocenters. The number of aryl methyl sites for hydroxylation is 4. The lowest BCUT2D eigenvalue weighted by atomic mass is 9.85. The molecule has 7 rings (SSSR count). The molecular weight excluding hydrogens is 773 g/mol. The Balaban J connectivity index is 1.57. The van der Waals surface area contributed by atoms with Gasteiger partial charge in [-0.15, -0.1) is 0 Å². The van der Waals surface area contributed by atoms with E-state index in [9.17, 15) is 0 Å². The van der Waals surface area contributed by atoms with Crippen LogP contribution >= 0.6 is 0 Å². The van der Waals surface area contributed by atoms with Crippen LogP contribution in [0.4, 0.5) is 28.4 Å². The Morgan fingerprint density at radius 2 is 0.953 bits per heavy atom. The third-order valence-corrected chi connectivity index (χ3v) is 13.3. The van der Waals surface area contributed by atoms with Gasteiger partial charge >= 0.3 is 0 Å². The first-order valence-corrected chi connectivity index (χ1v) is 24.8. The molecule has 0 aromatic heterocycles. The Bertz CT molecular complexity index is 2620. The third-order valence-electron chi connectivity index (χ3n) is 13.3. The highest BCUT2D eigenvalue weighted by atomic mass is 15.1. The first-order chi connectivity index (χ1) is 30.8. The Labute approximate surface area is 387 Å². The second-order valence-corrected chi connectivity index (χ2v) is 20.5. The van der Waals surface area contributed by atoms with Crippen molar-refractivity contribution in [1.29, 1.82) is 0 Å². The molecular formula is C62H76N2. The maximum atomic E-state index is 4.12. The van der Waals surface area contributed by atoms with Crippen molar-refractivity contribution in [1.82, 2.24) is 0 Å². The summed E-state index contributed by atoms with van der Waals surface area (Å²) in [6, 6.07) is 49.4. The maximum absolute atomic E-state index is 4.12. The number of anilines is 5. The molecule has 0 aliphatic carbocycles. The van der Waals surface area contributed by atoms with Crippen molar-refractivity contribution in [3.63, 3.8) is 0 Å². The van der Waals surface area contributed by atoms with Crippen LogP contribution in [-0.4, -0.2) is 0 Å². The van der Waals surface area contributed by atoms with E-state index in [1.807, 2.05) is 0 Å². The second kappa shape index (κ2) is 20.7. The van der Waals surface area contributed by atoms with Crippen LogP contribution < -0.4 is 10.2 Å². The maximum Gasteiger partial charge on any atom is 0.0619 e. The summed E-state index contributed by atoms with van der Waals surface area (Å²) in [4.78, 5) is 2.66. The fraction of sp³-hybridized carbons (Fsp3) is 0.387. The van der Waals surface area contributed by atoms with Crippen molar-refractivity contribution in [3.05, 3.63) is 161 Å². The van der Waals surface area contributed by atoms with E-state index < -0.39 is 0 Å². The largest absolute Gasteiger partial charge is 0.354 e. The molecule has 1 N–H and O–H groups in total. The summed E-state index contributed by atoms with van der Waals surface area (Å²) in [6.45, 7) is 23.2. The van der Waals surface area contributed by atoms with Crippen LogP contribution in [0.5, 0.6) is 0 Å². The van der Waals surface area contributed by atoms with Gasteiger partial charge in [0.25, 0.3) is 0 Å². The van der Waals surface area contributed by atoms with E-state index >= 15 is 0 Å². The molecule has 0 amide bonds. The number of fused-ring (bicyclic) bond motifs is 2. The smallest absolute Gasteiger partial charge is 0.0619 e. The molecule has 0 heterocycles. The molecule has 0 unspecified atom stereocenters. The summed E-state index contributed by atoms with van der Waals surface area (Å²) >= 11 is 0. The van der Waals surface area contributed by atoms with Gasteiger partial charge in [0.2, 0.25) is 0 Å². The highest BCUT2D eigenvalue weighted by Crippen LogP contribution is 2.50. The lowest BCUT2D eigenvalue weighted by Gasteiger charge is -2.32. The van der Waals surface area contributed by atoms with Crippen LogP contribution in [0.2, 0.25) is 0 Å². The van der Waals surface area contributed by atoms with Crippen LogP contribution in [0.15, 0.2) is 127 Å². The highest BCUT2D eigenvalue weighted by Gasteiger charge is 2.26. The zero-order chi connectivity index (χ0) is 45.4. The summed E-state index contributed by atoms with van der Waals surface area (Å²) in [6.07, 6.45) is 14.2. The van der Waals surface area contributed by atoms with E-state index in [0.29, 0.717) is 0 Å². The van der Waals surface area contributed by atoms with Crippen molar-refractivity contribution in [2.24, 2.45) is 0 Å². The average Bonchev–Trinajstić information content (AvgIpc) is 3.29. The first kappa shape index (κ1) is 46.6. The van der Waals surface area contributed by atoms with E-state index in [1.54, 1.807) is 0 Å². The summed E-state index contributed by atoms with van der Waals surface area (Å²) in [7, 11) is 0. The molecule has 0 saturated heterocycles. The predicted molar refractivity (Wildman–Crippen MR) is 283 cm³/mol. The minimum atomic E-state index is -0.0153. The number of benzene rings is 7. The summed E-state index contributed by atoms with van der Waals surface area (Å²) in [5, 5.41) is 9.03. The van der Waals surface area contributed by atoms with Crippen LogP contribution in [0.1, 0.15) is 154 Å². The number of hydrogen-bond acceptors (Lipinski definition) is 2. The van der Waals surface area contributed by atoms with Crippen molar-refractivity contribution in [2.45, 2.75) is 157 Å². The lowest BCUT2D eigenvalue weighted by Crippen LogP contribution is -2.16. The van der Waals surface area contributed by atoms with Crippen molar-refractivity contribution >= 4 is 50.0 Å². The van der Waals surface area contributed by atoms with E-state index in [0.717, 1.165) is 37.1 Å². The zero-order valence-corrected chi connectivity index (χ0v) is 41.1. The van der Waals surface area contributed by atoms with Gasteiger partial charge in [0.15, 0.2) is 0 Å². The van der Waals surface area contributed by atoms with Gasteiger partial charge in [-0.3, -0.25) is 0 Å². The number of nitrogens with one attached hydrogen (secondary N) is 1. The third kappa shape index (κ3) is 10.9. The molecule has 7 aromatic carbocycles. The number of nitrogens with zero attached hydrogens (tertiary/aromatic N) is 1. The molecule has 0 bridgehead atoms. The van der Waals surface area contributed by atoms with Crippen LogP contribution in [-0.2, 0) is 36.5 Å². The zero-order valence-electron chi connectivity index (χ0n) is 41.1. The first-order valence-electron chi connectivity index (χ1n) is 24.8. The highest BCUT2D eigenvalue weighted by molar-refractivity contribution is 6.22. The van der Waals surface area contributed by atoms with Crippen molar-refractivity contribution < 1.29 is 0 Å². The van der Waals surface area contributed by atoms with Gasteiger partial charge in [0.1, 0.15) is 0 Å². The molecule has 64 heavy (non-hydrogen) atoms. The van der Waals surface area contributed by atoms with Crippen LogP contribution in [0, 0.1) is 0 Å². The molecule has 0 fully saturated rings. The van der Waals surface area contributed by atoms with Crippen molar-refractivity contribution in [3.8, 4) is 11.1 Å². The standard InChI is InChI=1S/C62H76N2/c1-11-15-17-20-26-46-34-47(27-21-18-16-12-2)40-53(39-46)64(54-38-45(14-4)36-51(43-54)62(8,9)10)60-56-31-25-24-30-55(56)59(63-52-37-44(13-3)35-50(42-52)61(5,6)7)58-41-49(32-33-57(58)60)48-28-22-19-23-29-48/h19,22-25,28-43,63H,11-18,20-21,26-27H2,1-10H3. The molecule has 0 aliphatic rings. The molecule has 0 aliphatic heterocycles. The monoisotopic (exact) mass is 849 g/mol. The quantitative estimate of drug-likeness (QED) is 0.0526.